The molecule has 0 aliphatic rings. The molecular weight excluding hydrogens is 216 g/mol. The van der Waals surface area contributed by atoms with Crippen LogP contribution in [-0.2, 0) is 11.8 Å². The fraction of sp³-hybridized carbons (Fsp3) is 0.400. The quantitative estimate of drug-likeness (QED) is 0.723. The molecule has 0 fully saturated rings. The lowest BCUT2D eigenvalue weighted by molar-refractivity contribution is 0.411. The van der Waals surface area contributed by atoms with Crippen molar-refractivity contribution in [2.75, 3.05) is 7.11 Å². The number of benzene rings is 1. The van der Waals surface area contributed by atoms with Gasteiger partial charge in [0.25, 0.3) is 0 Å². The Morgan fingerprint density at radius 1 is 1.42 bits per heavy atom. The van der Waals surface area contributed by atoms with E-state index in [0.717, 1.165) is 17.5 Å². The average Bonchev–Trinajstić information content (AvgIpc) is 2.16. The van der Waals surface area contributed by atoms with Crippen molar-refractivity contribution in [1.29, 1.82) is 0 Å². The zero-order chi connectivity index (χ0) is 8.97. The van der Waals surface area contributed by atoms with Crippen LogP contribution in [0.25, 0.3) is 0 Å². The summed E-state index contributed by atoms with van der Waals surface area (Å²) < 4.78 is 5.25. The van der Waals surface area contributed by atoms with E-state index in [1.807, 2.05) is 12.1 Å². The summed E-state index contributed by atoms with van der Waals surface area (Å²) in [6, 6.07) is 6.17. The smallest absolute Gasteiger partial charge is 0.123 e. The number of rotatable bonds is 3. The molecular formula is C10H13BrO. The Balaban J connectivity index is 3.13. The molecule has 0 aliphatic carbocycles. The zero-order valence-electron chi connectivity index (χ0n) is 7.43. The highest BCUT2D eigenvalue weighted by Gasteiger charge is 2.04. The number of aryl methyl sites for hydroxylation is 1. The SMILES string of the molecule is CCc1cccc(OC)c1CBr. The van der Waals surface area contributed by atoms with Crippen molar-refractivity contribution in [3.8, 4) is 5.75 Å². The normalized spacial score (nSPS) is 9.92. The fourth-order valence-corrected chi connectivity index (χ4v) is 1.92. The second-order valence-electron chi connectivity index (χ2n) is 2.59. The average molecular weight is 229 g/mol. The van der Waals surface area contributed by atoms with E-state index in [1.54, 1.807) is 7.11 Å². The molecule has 0 bridgehead atoms. The topological polar surface area (TPSA) is 9.23 Å². The molecule has 0 spiro atoms. The van der Waals surface area contributed by atoms with E-state index in [4.69, 9.17) is 4.74 Å². The van der Waals surface area contributed by atoms with Crippen LogP contribution in [0.5, 0.6) is 5.75 Å². The van der Waals surface area contributed by atoms with Crippen LogP contribution in [0.2, 0.25) is 0 Å². The lowest BCUT2D eigenvalue weighted by atomic mass is 10.1. The highest BCUT2D eigenvalue weighted by atomic mass is 79.9. The van der Waals surface area contributed by atoms with E-state index < -0.39 is 0 Å². The molecule has 0 amide bonds. The van der Waals surface area contributed by atoms with Crippen molar-refractivity contribution < 1.29 is 4.74 Å². The van der Waals surface area contributed by atoms with Gasteiger partial charge in [0, 0.05) is 10.9 Å². The van der Waals surface area contributed by atoms with Gasteiger partial charge in [-0.05, 0) is 18.1 Å². The third kappa shape index (κ3) is 1.81. The molecule has 1 nitrogen and oxygen atoms in total. The van der Waals surface area contributed by atoms with E-state index in [9.17, 15) is 0 Å². The van der Waals surface area contributed by atoms with Crippen LogP contribution in [0.3, 0.4) is 0 Å². The fourth-order valence-electron chi connectivity index (χ4n) is 1.29. The Morgan fingerprint density at radius 2 is 2.17 bits per heavy atom. The molecule has 1 aromatic rings. The Bertz CT molecular complexity index is 236. The minimum absolute atomic E-state index is 0.861. The van der Waals surface area contributed by atoms with Crippen molar-refractivity contribution in [1.82, 2.24) is 0 Å². The minimum atomic E-state index is 0.861. The monoisotopic (exact) mass is 228 g/mol. The Morgan fingerprint density at radius 3 is 2.67 bits per heavy atom. The van der Waals surface area contributed by atoms with Gasteiger partial charge in [0.2, 0.25) is 0 Å². The molecule has 66 valence electrons. The van der Waals surface area contributed by atoms with E-state index >= 15 is 0 Å². The first-order valence-electron chi connectivity index (χ1n) is 4.04. The first kappa shape index (κ1) is 9.59. The predicted octanol–water partition coefficient (Wildman–Crippen LogP) is 3.15. The minimum Gasteiger partial charge on any atom is -0.496 e. The Kier molecular flexibility index (Phi) is 3.60. The van der Waals surface area contributed by atoms with E-state index in [-0.39, 0.29) is 0 Å². The molecule has 0 aliphatic heterocycles. The number of hydrogen-bond acceptors (Lipinski definition) is 1. The summed E-state index contributed by atoms with van der Waals surface area (Å²) >= 11 is 3.46. The first-order valence-corrected chi connectivity index (χ1v) is 5.16. The summed E-state index contributed by atoms with van der Waals surface area (Å²) in [6.07, 6.45) is 1.05. The molecule has 0 atom stereocenters. The Labute approximate surface area is 81.9 Å². The third-order valence-electron chi connectivity index (χ3n) is 1.96. The van der Waals surface area contributed by atoms with Crippen LogP contribution in [0.1, 0.15) is 18.1 Å². The van der Waals surface area contributed by atoms with Crippen LogP contribution in [-0.4, -0.2) is 7.11 Å². The number of halogens is 1. The van der Waals surface area contributed by atoms with Gasteiger partial charge in [-0.1, -0.05) is 35.0 Å². The van der Waals surface area contributed by atoms with Crippen LogP contribution < -0.4 is 4.74 Å². The highest BCUT2D eigenvalue weighted by molar-refractivity contribution is 9.08. The van der Waals surface area contributed by atoms with Crippen molar-refractivity contribution >= 4 is 15.9 Å². The molecule has 0 radical (unpaired) electrons. The molecule has 0 unspecified atom stereocenters. The van der Waals surface area contributed by atoms with Crippen molar-refractivity contribution in [3.05, 3.63) is 29.3 Å². The van der Waals surface area contributed by atoms with Gasteiger partial charge >= 0.3 is 0 Å². The molecule has 0 saturated carbocycles. The van der Waals surface area contributed by atoms with Gasteiger partial charge in [-0.3, -0.25) is 0 Å². The molecule has 0 heterocycles. The van der Waals surface area contributed by atoms with Gasteiger partial charge in [-0.25, -0.2) is 0 Å². The third-order valence-corrected chi connectivity index (χ3v) is 2.53. The van der Waals surface area contributed by atoms with Crippen molar-refractivity contribution in [3.63, 3.8) is 0 Å². The van der Waals surface area contributed by atoms with E-state index in [0.29, 0.717) is 0 Å². The molecule has 1 aromatic carbocycles. The van der Waals surface area contributed by atoms with Crippen LogP contribution in [0, 0.1) is 0 Å². The Hall–Kier alpha value is -0.500. The summed E-state index contributed by atoms with van der Waals surface area (Å²) in [7, 11) is 1.71. The summed E-state index contributed by atoms with van der Waals surface area (Å²) in [6.45, 7) is 2.15. The van der Waals surface area contributed by atoms with Crippen molar-refractivity contribution in [2.24, 2.45) is 0 Å². The maximum atomic E-state index is 5.25. The summed E-state index contributed by atoms with van der Waals surface area (Å²) in [5.41, 5.74) is 2.62. The van der Waals surface area contributed by atoms with Crippen molar-refractivity contribution in [2.45, 2.75) is 18.7 Å². The largest absolute Gasteiger partial charge is 0.496 e. The predicted molar refractivity (Wildman–Crippen MR) is 55.0 cm³/mol. The number of ether oxygens (including phenoxy) is 1. The molecule has 0 saturated heterocycles. The zero-order valence-corrected chi connectivity index (χ0v) is 9.02. The molecule has 0 N–H and O–H groups in total. The summed E-state index contributed by atoms with van der Waals surface area (Å²) in [4.78, 5) is 0. The van der Waals surface area contributed by atoms with Gasteiger partial charge in [0.05, 0.1) is 7.11 Å². The molecule has 0 aromatic heterocycles. The number of alkyl halides is 1. The van der Waals surface area contributed by atoms with Gasteiger partial charge < -0.3 is 4.74 Å². The van der Waals surface area contributed by atoms with E-state index in [2.05, 4.69) is 28.9 Å². The second-order valence-corrected chi connectivity index (χ2v) is 3.15. The van der Waals surface area contributed by atoms with Crippen LogP contribution >= 0.6 is 15.9 Å². The number of methoxy groups -OCH3 is 1. The van der Waals surface area contributed by atoms with Gasteiger partial charge in [-0.15, -0.1) is 0 Å². The van der Waals surface area contributed by atoms with E-state index in [1.165, 1.54) is 11.1 Å². The number of hydrogen-bond donors (Lipinski definition) is 0. The maximum absolute atomic E-state index is 5.25. The first-order chi connectivity index (χ1) is 5.83. The summed E-state index contributed by atoms with van der Waals surface area (Å²) in [5, 5.41) is 0.861. The van der Waals surface area contributed by atoms with Gasteiger partial charge in [-0.2, -0.15) is 0 Å². The maximum Gasteiger partial charge on any atom is 0.123 e. The highest BCUT2D eigenvalue weighted by Crippen LogP contribution is 2.24. The molecule has 1 rings (SSSR count). The summed E-state index contributed by atoms with van der Waals surface area (Å²) in [5.74, 6) is 0.978. The van der Waals surface area contributed by atoms with Crippen LogP contribution in [0.15, 0.2) is 18.2 Å². The molecule has 12 heavy (non-hydrogen) atoms. The van der Waals surface area contributed by atoms with Gasteiger partial charge in [0.15, 0.2) is 0 Å². The second kappa shape index (κ2) is 4.51. The standard InChI is InChI=1S/C10H13BrO/c1-3-8-5-4-6-10(12-2)9(8)7-11/h4-6H,3,7H2,1-2H3. The van der Waals surface area contributed by atoms with Crippen LogP contribution in [0.4, 0.5) is 0 Å². The lowest BCUT2D eigenvalue weighted by Gasteiger charge is -2.09. The van der Waals surface area contributed by atoms with Gasteiger partial charge in [0.1, 0.15) is 5.75 Å². The lowest BCUT2D eigenvalue weighted by Crippen LogP contribution is -1.94. The molecule has 2 heteroatoms.